The number of nitrogens with two attached hydrogens (primary N) is 1. The smallest absolute Gasteiger partial charge is 0.223 e. The van der Waals surface area contributed by atoms with Gasteiger partial charge in [-0.05, 0) is 45.4 Å². The molecule has 4 N–H and O–H groups in total. The highest BCUT2D eigenvalue weighted by molar-refractivity contribution is 7.99. The maximum atomic E-state index is 12.7. The predicted octanol–water partition coefficient (Wildman–Crippen LogP) is 2.16. The van der Waals surface area contributed by atoms with Crippen molar-refractivity contribution in [1.82, 2.24) is 30.0 Å². The van der Waals surface area contributed by atoms with Crippen LogP contribution in [0.2, 0.25) is 0 Å². The van der Waals surface area contributed by atoms with Gasteiger partial charge in [-0.1, -0.05) is 0 Å². The number of aryl methyl sites for hydroxylation is 1. The van der Waals surface area contributed by atoms with Crippen LogP contribution < -0.4 is 15.8 Å². The number of hydrogen-bond donors (Lipinski definition) is 3. The zero-order valence-corrected chi connectivity index (χ0v) is 21.1. The molecule has 1 saturated carbocycles. The van der Waals surface area contributed by atoms with Crippen LogP contribution in [0.5, 0.6) is 5.75 Å². The number of aromatic nitrogens is 5. The number of nitrogens with zero attached hydrogens (tertiary/aromatic N) is 5. The highest BCUT2D eigenvalue weighted by Gasteiger charge is 2.30. The van der Waals surface area contributed by atoms with Gasteiger partial charge in [-0.3, -0.25) is 9.78 Å². The molecule has 35 heavy (non-hydrogen) atoms. The molecule has 4 heterocycles. The van der Waals surface area contributed by atoms with Crippen molar-refractivity contribution in [1.29, 1.82) is 0 Å². The first kappa shape index (κ1) is 23.8. The summed E-state index contributed by atoms with van der Waals surface area (Å²) in [6.45, 7) is 4.38. The summed E-state index contributed by atoms with van der Waals surface area (Å²) in [5, 5.41) is 19.7. The van der Waals surface area contributed by atoms with Crippen molar-refractivity contribution in [2.75, 3.05) is 18.6 Å². The van der Waals surface area contributed by atoms with Crippen LogP contribution in [0, 0.1) is 19.8 Å². The second kappa shape index (κ2) is 9.62. The molecule has 1 unspecified atom stereocenters. The van der Waals surface area contributed by atoms with Crippen molar-refractivity contribution in [2.45, 2.75) is 69.7 Å². The van der Waals surface area contributed by atoms with E-state index in [-0.39, 0.29) is 23.8 Å². The van der Waals surface area contributed by atoms with Crippen molar-refractivity contribution in [3.8, 4) is 5.75 Å². The Morgan fingerprint density at radius 3 is 2.91 bits per heavy atom. The summed E-state index contributed by atoms with van der Waals surface area (Å²) in [4.78, 5) is 26.4. The number of carbonyl (C=O) groups is 1. The average molecular weight is 498 g/mol. The zero-order valence-electron chi connectivity index (χ0n) is 20.2. The second-order valence-corrected chi connectivity index (χ2v) is 10.5. The van der Waals surface area contributed by atoms with Crippen molar-refractivity contribution in [2.24, 2.45) is 5.92 Å². The predicted molar refractivity (Wildman–Crippen MR) is 133 cm³/mol. The molecule has 11 heteroatoms. The first-order valence-electron chi connectivity index (χ1n) is 12.0. The van der Waals surface area contributed by atoms with Gasteiger partial charge in [-0.15, -0.1) is 11.8 Å². The van der Waals surface area contributed by atoms with Crippen LogP contribution in [0.1, 0.15) is 48.2 Å². The second-order valence-electron chi connectivity index (χ2n) is 9.49. The van der Waals surface area contributed by atoms with Crippen LogP contribution in [-0.2, 0) is 17.8 Å². The van der Waals surface area contributed by atoms with Gasteiger partial charge in [-0.25, -0.2) is 9.67 Å². The third-order valence-corrected chi connectivity index (χ3v) is 8.14. The molecule has 0 bridgehead atoms. The Hall–Kier alpha value is -2.92. The maximum Gasteiger partial charge on any atom is 0.223 e. The fraction of sp³-hybridized carbons (Fsp3) is 0.542. The minimum Gasteiger partial charge on any atom is -0.496 e. The van der Waals surface area contributed by atoms with Crippen molar-refractivity contribution in [3.63, 3.8) is 0 Å². The number of anilines is 1. The molecule has 3 aromatic rings. The van der Waals surface area contributed by atoms with E-state index in [0.29, 0.717) is 25.0 Å². The first-order valence-corrected chi connectivity index (χ1v) is 12.9. The Balaban J connectivity index is 1.42. The van der Waals surface area contributed by atoms with Crippen LogP contribution in [0.15, 0.2) is 11.2 Å². The fourth-order valence-corrected chi connectivity index (χ4v) is 6.30. The van der Waals surface area contributed by atoms with E-state index in [4.69, 9.17) is 15.6 Å². The molecule has 1 fully saturated rings. The van der Waals surface area contributed by atoms with E-state index < -0.39 is 6.10 Å². The number of pyridine rings is 1. The summed E-state index contributed by atoms with van der Waals surface area (Å²) in [7, 11) is 1.66. The van der Waals surface area contributed by atoms with Crippen molar-refractivity contribution < 1.29 is 14.6 Å². The van der Waals surface area contributed by atoms with E-state index in [0.717, 1.165) is 63.7 Å². The number of ether oxygens (including phenoxy) is 1. The third-order valence-electron chi connectivity index (χ3n) is 6.94. The molecule has 1 aliphatic carbocycles. The number of nitrogen functional groups attached to an aromatic ring is 1. The normalized spacial score (nSPS) is 21.8. The Kier molecular flexibility index (Phi) is 6.54. The summed E-state index contributed by atoms with van der Waals surface area (Å²) >= 11 is 1.59. The van der Waals surface area contributed by atoms with Crippen molar-refractivity contribution >= 4 is 34.7 Å². The largest absolute Gasteiger partial charge is 0.496 e. The molecule has 0 aromatic carbocycles. The third kappa shape index (κ3) is 4.66. The number of methoxy groups -OCH3 is 1. The molecule has 10 nitrogen and oxygen atoms in total. The Bertz CT molecular complexity index is 1280. The van der Waals surface area contributed by atoms with Gasteiger partial charge < -0.3 is 20.9 Å². The molecule has 5 rings (SSSR count). The van der Waals surface area contributed by atoms with Gasteiger partial charge in [0, 0.05) is 29.5 Å². The monoisotopic (exact) mass is 497 g/mol. The zero-order chi connectivity index (χ0) is 24.7. The van der Waals surface area contributed by atoms with E-state index in [1.807, 2.05) is 18.5 Å². The van der Waals surface area contributed by atoms with E-state index in [2.05, 4.69) is 20.3 Å². The summed E-state index contributed by atoms with van der Waals surface area (Å²) < 4.78 is 7.39. The molecule has 0 radical (unpaired) electrons. The lowest BCUT2D eigenvalue weighted by Gasteiger charge is -2.19. The standard InChI is InChI=1S/C24H31N7O3S/c1-12-9-26-17(13(2)21(12)34-3)10-31-22-20-16(30-31)7-14(11-35-23(20)29-24(25)28-22)8-19(33)27-15-5-4-6-18(15)32/h9,14-15,18,32H,4-8,10-11H2,1-3H3,(H,27,33)(H2,25,28,29)/t14?,15-,18-/m1/s1. The number of aliphatic hydroxyl groups is 1. The molecular formula is C24H31N7O3S. The number of hydrogen-bond acceptors (Lipinski definition) is 9. The van der Waals surface area contributed by atoms with Crippen LogP contribution in [0.3, 0.4) is 0 Å². The molecule has 2 aliphatic rings. The Labute approximate surface area is 208 Å². The quantitative estimate of drug-likeness (QED) is 0.437. The summed E-state index contributed by atoms with van der Waals surface area (Å²) in [6.07, 6.45) is 4.89. The van der Waals surface area contributed by atoms with Gasteiger partial charge in [0.25, 0.3) is 0 Å². The summed E-state index contributed by atoms with van der Waals surface area (Å²) in [5.41, 5.74) is 10.4. The van der Waals surface area contributed by atoms with E-state index >= 15 is 0 Å². The number of rotatable bonds is 6. The molecule has 0 saturated heterocycles. The van der Waals surface area contributed by atoms with Crippen LogP contribution in [0.4, 0.5) is 5.95 Å². The SMILES string of the molecule is COc1c(C)cnc(Cn2nc3c4c(nc(N)nc42)SCC(CC(=O)N[C@@H]2CCC[C@H]2O)C3)c1C. The summed E-state index contributed by atoms with van der Waals surface area (Å²) in [5.74, 6) is 1.81. The van der Waals surface area contributed by atoms with Gasteiger partial charge in [0.05, 0.1) is 42.6 Å². The lowest BCUT2D eigenvalue weighted by Crippen LogP contribution is -2.40. The molecule has 1 aliphatic heterocycles. The van der Waals surface area contributed by atoms with Crippen molar-refractivity contribution in [3.05, 3.63) is 28.7 Å². The molecule has 3 atom stereocenters. The first-order chi connectivity index (χ1) is 16.8. The van der Waals surface area contributed by atoms with Gasteiger partial charge in [0.2, 0.25) is 11.9 Å². The number of nitrogens with one attached hydrogen (secondary N) is 1. The fourth-order valence-electron chi connectivity index (χ4n) is 5.15. The Morgan fingerprint density at radius 2 is 2.17 bits per heavy atom. The minimum absolute atomic E-state index is 0.0274. The average Bonchev–Trinajstić information content (AvgIpc) is 3.31. The van der Waals surface area contributed by atoms with E-state index in [1.165, 1.54) is 0 Å². The van der Waals surface area contributed by atoms with Gasteiger partial charge in [0.1, 0.15) is 10.8 Å². The van der Waals surface area contributed by atoms with Crippen LogP contribution >= 0.6 is 11.8 Å². The molecule has 0 spiro atoms. The van der Waals surface area contributed by atoms with Gasteiger partial charge >= 0.3 is 0 Å². The molecule has 3 aromatic heterocycles. The lowest BCUT2D eigenvalue weighted by molar-refractivity contribution is -0.123. The highest BCUT2D eigenvalue weighted by Crippen LogP contribution is 2.36. The minimum atomic E-state index is -0.447. The van der Waals surface area contributed by atoms with E-state index in [9.17, 15) is 9.90 Å². The van der Waals surface area contributed by atoms with Crippen LogP contribution in [0.25, 0.3) is 11.0 Å². The molecular weight excluding hydrogens is 466 g/mol. The number of thioether (sulfide) groups is 1. The topological polar surface area (TPSA) is 141 Å². The molecule has 186 valence electrons. The van der Waals surface area contributed by atoms with E-state index in [1.54, 1.807) is 25.1 Å². The van der Waals surface area contributed by atoms with Crippen LogP contribution in [-0.4, -0.2) is 60.8 Å². The number of amides is 1. The molecule has 1 amide bonds. The summed E-state index contributed by atoms with van der Waals surface area (Å²) in [6, 6.07) is -0.142. The van der Waals surface area contributed by atoms with Gasteiger partial charge in [0.15, 0.2) is 5.65 Å². The number of carbonyl (C=O) groups excluding carboxylic acids is 1. The maximum absolute atomic E-state index is 12.7. The number of aliphatic hydroxyl groups excluding tert-OH is 1. The van der Waals surface area contributed by atoms with Gasteiger partial charge in [-0.2, -0.15) is 10.1 Å². The lowest BCUT2D eigenvalue weighted by atomic mass is 9.99. The highest BCUT2D eigenvalue weighted by atomic mass is 32.2. The Morgan fingerprint density at radius 1 is 1.34 bits per heavy atom.